The summed E-state index contributed by atoms with van der Waals surface area (Å²) in [7, 11) is 0. The number of ether oxygens (including phenoxy) is 1. The van der Waals surface area contributed by atoms with Gasteiger partial charge in [0.15, 0.2) is 0 Å². The lowest BCUT2D eigenvalue weighted by Gasteiger charge is -2.35. The molecule has 0 saturated carbocycles. The number of carbonyl (C=O) groups is 2. The van der Waals surface area contributed by atoms with Crippen molar-refractivity contribution in [2.45, 2.75) is 37.2 Å². The number of halogens is 6. The van der Waals surface area contributed by atoms with Crippen molar-refractivity contribution in [3.63, 3.8) is 0 Å². The molecule has 2 aliphatic rings. The first kappa shape index (κ1) is 21.6. The highest BCUT2D eigenvalue weighted by atomic mass is 35.5. The van der Waals surface area contributed by atoms with E-state index in [9.17, 15) is 31.5 Å². The summed E-state index contributed by atoms with van der Waals surface area (Å²) in [4.78, 5) is 23.7. The first-order valence-corrected chi connectivity index (χ1v) is 9.12. The number of amides is 3. The van der Waals surface area contributed by atoms with Gasteiger partial charge in [-0.1, -0.05) is 17.7 Å². The van der Waals surface area contributed by atoms with Crippen LogP contribution in [0.5, 0.6) is 0 Å². The molecular weight excluding hydrogens is 425 g/mol. The van der Waals surface area contributed by atoms with Crippen LogP contribution in [0.15, 0.2) is 12.1 Å². The summed E-state index contributed by atoms with van der Waals surface area (Å²) < 4.78 is 72.1. The van der Waals surface area contributed by atoms with Gasteiger partial charge in [-0.25, -0.2) is 13.6 Å². The van der Waals surface area contributed by atoms with Crippen LogP contribution in [0.2, 0.25) is 5.02 Å². The molecule has 6 nitrogen and oxygen atoms in total. The van der Waals surface area contributed by atoms with Crippen molar-refractivity contribution in [1.29, 1.82) is 0 Å². The Kier molecular flexibility index (Phi) is 6.18. The zero-order valence-electron chi connectivity index (χ0n) is 14.8. The molecule has 160 valence electrons. The van der Waals surface area contributed by atoms with Crippen molar-refractivity contribution in [3.05, 3.63) is 34.4 Å². The average molecular weight is 442 g/mol. The number of hydrogen-bond acceptors (Lipinski definition) is 3. The number of urea groups is 1. The summed E-state index contributed by atoms with van der Waals surface area (Å²) in [5.41, 5.74) is -0.225. The monoisotopic (exact) mass is 441 g/mol. The molecule has 29 heavy (non-hydrogen) atoms. The number of nitrogens with one attached hydrogen (secondary N) is 3. The summed E-state index contributed by atoms with van der Waals surface area (Å²) in [6.45, 7) is -0.676. The fraction of sp³-hybridized carbons (Fsp3) is 0.529. The number of rotatable bonds is 4. The second-order valence-electron chi connectivity index (χ2n) is 6.85. The second kappa shape index (κ2) is 8.31. The lowest BCUT2D eigenvalue weighted by atomic mass is 9.90. The third kappa shape index (κ3) is 4.72. The van der Waals surface area contributed by atoms with E-state index in [-0.39, 0.29) is 24.9 Å². The zero-order chi connectivity index (χ0) is 21.3. The van der Waals surface area contributed by atoms with Crippen LogP contribution in [-0.2, 0) is 9.53 Å². The topological polar surface area (TPSA) is 79.5 Å². The van der Waals surface area contributed by atoms with Gasteiger partial charge in [0.1, 0.15) is 22.7 Å². The molecule has 0 aromatic heterocycles. The first-order valence-electron chi connectivity index (χ1n) is 8.74. The van der Waals surface area contributed by atoms with Crippen LogP contribution < -0.4 is 16.0 Å². The third-order valence-corrected chi connectivity index (χ3v) is 5.28. The molecule has 0 radical (unpaired) electrons. The molecule has 2 heterocycles. The largest absolute Gasteiger partial charge is 0.394 e. The molecule has 0 bridgehead atoms. The van der Waals surface area contributed by atoms with Crippen molar-refractivity contribution in [2.75, 3.05) is 13.2 Å². The van der Waals surface area contributed by atoms with Gasteiger partial charge in [0.05, 0.1) is 24.7 Å². The van der Waals surface area contributed by atoms with E-state index in [1.807, 2.05) is 0 Å². The Bertz CT molecular complexity index is 799. The van der Waals surface area contributed by atoms with Crippen LogP contribution in [0.25, 0.3) is 0 Å². The van der Waals surface area contributed by atoms with Crippen molar-refractivity contribution in [1.82, 2.24) is 16.0 Å². The van der Waals surface area contributed by atoms with Crippen LogP contribution in [0.1, 0.15) is 24.4 Å². The van der Waals surface area contributed by atoms with Gasteiger partial charge in [-0.3, -0.25) is 4.79 Å². The van der Waals surface area contributed by atoms with Gasteiger partial charge < -0.3 is 20.7 Å². The molecule has 1 aromatic rings. The van der Waals surface area contributed by atoms with Gasteiger partial charge in [0.2, 0.25) is 5.91 Å². The number of hydrogen-bond donors (Lipinski definition) is 3. The van der Waals surface area contributed by atoms with Crippen LogP contribution in [-0.4, -0.2) is 43.4 Å². The van der Waals surface area contributed by atoms with E-state index >= 15 is 0 Å². The maximum atomic E-state index is 14.6. The molecule has 3 rings (SSSR count). The molecule has 12 heteroatoms. The van der Waals surface area contributed by atoms with Crippen LogP contribution in [0.4, 0.5) is 26.7 Å². The predicted molar refractivity (Wildman–Crippen MR) is 91.1 cm³/mol. The Labute approximate surface area is 167 Å². The van der Waals surface area contributed by atoms with Gasteiger partial charge in [0, 0.05) is 12.1 Å². The molecule has 2 fully saturated rings. The van der Waals surface area contributed by atoms with E-state index in [1.54, 1.807) is 0 Å². The molecule has 2 saturated heterocycles. The van der Waals surface area contributed by atoms with Gasteiger partial charge >= 0.3 is 12.2 Å². The van der Waals surface area contributed by atoms with Gasteiger partial charge in [-0.2, -0.15) is 13.2 Å². The normalized spacial score (nSPS) is 25.9. The fourth-order valence-electron chi connectivity index (χ4n) is 3.31. The molecule has 2 aliphatic heterocycles. The van der Waals surface area contributed by atoms with Crippen molar-refractivity contribution < 1.29 is 36.3 Å². The zero-order valence-corrected chi connectivity index (χ0v) is 15.5. The minimum absolute atomic E-state index is 0.0221. The standard InChI is InChI=1S/C17H17ClF5N3O3/c18-12-9(19)3-2-8(13(12)20)14(26-15(27)10-5-24-16(28)25-10)11-4-1-7(6-29-11)17(21,22)23/h2-3,7,10-11,14H,1,4-6H2,(H,26,27)(H2,24,25,28)/t7?,10?,11?,14-/m0/s1. The summed E-state index contributed by atoms with van der Waals surface area (Å²) in [6, 6.07) is -0.825. The molecule has 4 atom stereocenters. The Hall–Kier alpha value is -2.14. The molecule has 3 unspecified atom stereocenters. The smallest absolute Gasteiger partial charge is 0.375 e. The summed E-state index contributed by atoms with van der Waals surface area (Å²) in [5.74, 6) is -4.54. The maximum absolute atomic E-state index is 14.6. The lowest BCUT2D eigenvalue weighted by Crippen LogP contribution is -2.49. The highest BCUT2D eigenvalue weighted by Gasteiger charge is 2.44. The number of alkyl halides is 3. The van der Waals surface area contributed by atoms with Crippen molar-refractivity contribution >= 4 is 23.5 Å². The summed E-state index contributed by atoms with van der Waals surface area (Å²) in [6.07, 6.45) is -5.84. The first-order chi connectivity index (χ1) is 13.6. The SMILES string of the molecule is O=C1NCC(C(=O)N[C@@H](c2ccc(F)c(Cl)c2F)C2CCC(C(F)(F)F)CO2)N1. The van der Waals surface area contributed by atoms with Gasteiger partial charge in [0.25, 0.3) is 0 Å². The molecule has 0 aliphatic carbocycles. The van der Waals surface area contributed by atoms with Gasteiger partial charge in [-0.05, 0) is 18.9 Å². The molecule has 0 spiro atoms. The summed E-state index contributed by atoms with van der Waals surface area (Å²) in [5, 5.41) is 6.41. The quantitative estimate of drug-likeness (QED) is 0.496. The van der Waals surface area contributed by atoms with E-state index in [4.69, 9.17) is 16.3 Å². The van der Waals surface area contributed by atoms with Gasteiger partial charge in [-0.15, -0.1) is 0 Å². The number of benzene rings is 1. The Morgan fingerprint density at radius 2 is 2.00 bits per heavy atom. The second-order valence-corrected chi connectivity index (χ2v) is 7.22. The Morgan fingerprint density at radius 3 is 2.55 bits per heavy atom. The molecule has 3 N–H and O–H groups in total. The summed E-state index contributed by atoms with van der Waals surface area (Å²) >= 11 is 5.61. The highest BCUT2D eigenvalue weighted by molar-refractivity contribution is 6.31. The lowest BCUT2D eigenvalue weighted by molar-refractivity contribution is -0.210. The molecule has 1 aromatic carbocycles. The van der Waals surface area contributed by atoms with Crippen molar-refractivity contribution in [2.24, 2.45) is 5.92 Å². The van der Waals surface area contributed by atoms with Crippen LogP contribution in [0.3, 0.4) is 0 Å². The number of carbonyl (C=O) groups excluding carboxylic acids is 2. The van der Waals surface area contributed by atoms with E-state index in [0.717, 1.165) is 12.1 Å². The van der Waals surface area contributed by atoms with E-state index in [0.29, 0.717) is 0 Å². The Balaban J connectivity index is 1.83. The van der Waals surface area contributed by atoms with E-state index in [2.05, 4.69) is 16.0 Å². The third-order valence-electron chi connectivity index (χ3n) is 4.93. The molecular formula is C17H17ClF5N3O3. The fourth-order valence-corrected chi connectivity index (χ4v) is 3.48. The van der Waals surface area contributed by atoms with Crippen LogP contribution >= 0.6 is 11.6 Å². The van der Waals surface area contributed by atoms with Crippen LogP contribution in [0, 0.1) is 17.6 Å². The van der Waals surface area contributed by atoms with E-state index in [1.165, 1.54) is 0 Å². The highest BCUT2D eigenvalue weighted by Crippen LogP contribution is 2.38. The average Bonchev–Trinajstić information content (AvgIpc) is 3.11. The Morgan fingerprint density at radius 1 is 1.28 bits per heavy atom. The predicted octanol–water partition coefficient (Wildman–Crippen LogP) is 2.81. The maximum Gasteiger partial charge on any atom is 0.394 e. The minimum Gasteiger partial charge on any atom is -0.375 e. The van der Waals surface area contributed by atoms with E-state index < -0.39 is 65.5 Å². The molecule has 3 amide bonds. The minimum atomic E-state index is -4.44. The van der Waals surface area contributed by atoms with Crippen molar-refractivity contribution in [3.8, 4) is 0 Å².